The molecule has 1 aromatic rings. The normalized spacial score (nSPS) is 10.2. The highest BCUT2D eigenvalue weighted by Crippen LogP contribution is 2.28. The zero-order valence-corrected chi connectivity index (χ0v) is 13.1. The minimum Gasteiger partial charge on any atom is -0.492 e. The van der Waals surface area contributed by atoms with Gasteiger partial charge in [-0.3, -0.25) is 0 Å². The number of rotatable bonds is 7. The second-order valence-corrected chi connectivity index (χ2v) is 4.98. The number of hydrogen-bond donors (Lipinski definition) is 2. The van der Waals surface area contributed by atoms with E-state index in [4.69, 9.17) is 16.3 Å². The van der Waals surface area contributed by atoms with E-state index in [2.05, 4.69) is 10.6 Å². The molecule has 0 aromatic heterocycles. The van der Waals surface area contributed by atoms with Crippen LogP contribution in [0.4, 0.5) is 4.79 Å². The van der Waals surface area contributed by atoms with Crippen molar-refractivity contribution in [2.45, 2.75) is 33.6 Å². The Bertz CT molecular complexity index is 450. The summed E-state index contributed by atoms with van der Waals surface area (Å²) in [5.74, 6) is 0.712. The largest absolute Gasteiger partial charge is 0.492 e. The third-order valence-electron chi connectivity index (χ3n) is 2.91. The molecule has 0 aliphatic carbocycles. The van der Waals surface area contributed by atoms with Gasteiger partial charge in [0.15, 0.2) is 0 Å². The van der Waals surface area contributed by atoms with Crippen LogP contribution in [0.15, 0.2) is 12.1 Å². The van der Waals surface area contributed by atoms with E-state index in [-0.39, 0.29) is 6.03 Å². The molecule has 0 spiro atoms. The second kappa shape index (κ2) is 8.69. The van der Waals surface area contributed by atoms with Gasteiger partial charge in [0, 0.05) is 13.1 Å². The van der Waals surface area contributed by atoms with Crippen LogP contribution in [0.3, 0.4) is 0 Å². The number of urea groups is 1. The maximum atomic E-state index is 11.4. The Labute approximate surface area is 125 Å². The molecule has 5 heteroatoms. The second-order valence-electron chi connectivity index (χ2n) is 4.57. The predicted molar refractivity (Wildman–Crippen MR) is 82.8 cm³/mol. The Hall–Kier alpha value is -1.42. The van der Waals surface area contributed by atoms with Crippen LogP contribution in [0.1, 0.15) is 31.4 Å². The average Bonchev–Trinajstić information content (AvgIpc) is 2.42. The maximum absolute atomic E-state index is 11.4. The number of aryl methyl sites for hydroxylation is 1. The van der Waals surface area contributed by atoms with E-state index < -0.39 is 0 Å². The van der Waals surface area contributed by atoms with Crippen molar-refractivity contribution in [1.82, 2.24) is 10.6 Å². The predicted octanol–water partition coefficient (Wildman–Crippen LogP) is 3.30. The first-order valence-corrected chi connectivity index (χ1v) is 7.39. The average molecular weight is 299 g/mol. The van der Waals surface area contributed by atoms with Crippen molar-refractivity contribution in [3.63, 3.8) is 0 Å². The molecule has 1 aromatic carbocycles. The molecule has 0 radical (unpaired) electrons. The van der Waals surface area contributed by atoms with Crippen LogP contribution in [0.25, 0.3) is 0 Å². The molecule has 1 rings (SSSR count). The Morgan fingerprint density at radius 3 is 2.60 bits per heavy atom. The van der Waals surface area contributed by atoms with Crippen LogP contribution in [-0.4, -0.2) is 25.7 Å². The van der Waals surface area contributed by atoms with Gasteiger partial charge in [-0.2, -0.15) is 0 Å². The molecule has 2 amide bonds. The molecule has 0 fully saturated rings. The zero-order valence-electron chi connectivity index (χ0n) is 12.4. The first-order valence-electron chi connectivity index (χ1n) is 7.02. The Morgan fingerprint density at radius 1 is 1.25 bits per heavy atom. The van der Waals surface area contributed by atoms with E-state index >= 15 is 0 Å². The highest BCUT2D eigenvalue weighted by molar-refractivity contribution is 6.32. The van der Waals surface area contributed by atoms with E-state index in [9.17, 15) is 4.79 Å². The fraction of sp³-hybridized carbons (Fsp3) is 0.533. The highest BCUT2D eigenvalue weighted by atomic mass is 35.5. The van der Waals surface area contributed by atoms with Crippen molar-refractivity contribution in [3.8, 4) is 5.75 Å². The molecule has 4 nitrogen and oxygen atoms in total. The van der Waals surface area contributed by atoms with Crippen molar-refractivity contribution in [2.24, 2.45) is 0 Å². The minimum atomic E-state index is -0.124. The summed E-state index contributed by atoms with van der Waals surface area (Å²) < 4.78 is 5.45. The molecule has 0 aliphatic heterocycles. The van der Waals surface area contributed by atoms with E-state index in [0.717, 1.165) is 24.0 Å². The summed E-state index contributed by atoms with van der Waals surface area (Å²) in [6, 6.07) is 3.73. The summed E-state index contributed by atoms with van der Waals surface area (Å²) in [6.45, 7) is 7.84. The molecule has 0 heterocycles. The molecule has 0 saturated heterocycles. The van der Waals surface area contributed by atoms with Gasteiger partial charge < -0.3 is 15.4 Å². The molecular weight excluding hydrogens is 276 g/mol. The van der Waals surface area contributed by atoms with Gasteiger partial charge in [-0.1, -0.05) is 18.5 Å². The highest BCUT2D eigenvalue weighted by Gasteiger charge is 2.07. The van der Waals surface area contributed by atoms with Gasteiger partial charge in [0.25, 0.3) is 0 Å². The fourth-order valence-corrected chi connectivity index (χ4v) is 2.08. The zero-order chi connectivity index (χ0) is 15.0. The molecule has 0 atom stereocenters. The van der Waals surface area contributed by atoms with E-state index in [0.29, 0.717) is 30.5 Å². The fourth-order valence-electron chi connectivity index (χ4n) is 1.84. The van der Waals surface area contributed by atoms with Crippen LogP contribution in [0, 0.1) is 6.92 Å². The number of hydrogen-bond acceptors (Lipinski definition) is 2. The molecule has 2 N–H and O–H groups in total. The van der Waals surface area contributed by atoms with Crippen LogP contribution >= 0.6 is 11.6 Å². The summed E-state index contributed by atoms with van der Waals surface area (Å²) in [4.78, 5) is 11.4. The van der Waals surface area contributed by atoms with E-state index in [1.807, 2.05) is 32.9 Å². The number of benzene rings is 1. The maximum Gasteiger partial charge on any atom is 0.314 e. The first-order chi connectivity index (χ1) is 9.58. The van der Waals surface area contributed by atoms with Crippen LogP contribution in [0.5, 0.6) is 5.75 Å². The van der Waals surface area contributed by atoms with E-state index in [1.54, 1.807) is 0 Å². The van der Waals surface area contributed by atoms with Gasteiger partial charge in [-0.15, -0.1) is 0 Å². The lowest BCUT2D eigenvalue weighted by Crippen LogP contribution is -2.36. The molecule has 20 heavy (non-hydrogen) atoms. The summed E-state index contributed by atoms with van der Waals surface area (Å²) in [5.41, 5.74) is 2.24. The van der Waals surface area contributed by atoms with Crippen LogP contribution < -0.4 is 15.4 Å². The van der Waals surface area contributed by atoms with Gasteiger partial charge in [0.1, 0.15) is 5.75 Å². The number of ether oxygens (including phenoxy) is 1. The number of carbonyl (C=O) groups excluding carboxylic acids is 1. The smallest absolute Gasteiger partial charge is 0.314 e. The minimum absolute atomic E-state index is 0.124. The van der Waals surface area contributed by atoms with Gasteiger partial charge in [0.2, 0.25) is 0 Å². The van der Waals surface area contributed by atoms with Crippen LogP contribution in [-0.2, 0) is 6.42 Å². The lowest BCUT2D eigenvalue weighted by atomic mass is 10.1. The van der Waals surface area contributed by atoms with Crippen LogP contribution in [0.2, 0.25) is 5.02 Å². The van der Waals surface area contributed by atoms with Gasteiger partial charge in [0.05, 0.1) is 11.6 Å². The summed E-state index contributed by atoms with van der Waals surface area (Å²) in [5, 5.41) is 6.22. The molecular formula is C15H23ClN2O2. The van der Waals surface area contributed by atoms with Crippen molar-refractivity contribution in [3.05, 3.63) is 28.3 Å². The third-order valence-corrected chi connectivity index (χ3v) is 3.20. The van der Waals surface area contributed by atoms with Gasteiger partial charge >= 0.3 is 6.03 Å². The summed E-state index contributed by atoms with van der Waals surface area (Å²) >= 11 is 6.17. The van der Waals surface area contributed by atoms with Gasteiger partial charge in [-0.25, -0.2) is 4.79 Å². The molecule has 112 valence electrons. The molecule has 0 saturated carbocycles. The molecule has 0 aliphatic rings. The topological polar surface area (TPSA) is 50.4 Å². The van der Waals surface area contributed by atoms with Crippen molar-refractivity contribution < 1.29 is 9.53 Å². The number of nitrogens with one attached hydrogen (secondary N) is 2. The van der Waals surface area contributed by atoms with Crippen molar-refractivity contribution >= 4 is 17.6 Å². The lowest BCUT2D eigenvalue weighted by molar-refractivity contribution is 0.241. The third kappa shape index (κ3) is 5.29. The summed E-state index contributed by atoms with van der Waals surface area (Å²) in [6.07, 6.45) is 1.68. The van der Waals surface area contributed by atoms with Crippen molar-refractivity contribution in [1.29, 1.82) is 0 Å². The number of carbonyl (C=O) groups is 1. The van der Waals surface area contributed by atoms with Gasteiger partial charge in [-0.05, 0) is 49.9 Å². The lowest BCUT2D eigenvalue weighted by Gasteiger charge is -2.12. The quantitative estimate of drug-likeness (QED) is 0.811. The van der Waals surface area contributed by atoms with Crippen molar-refractivity contribution in [2.75, 3.05) is 19.7 Å². The Balaban J connectivity index is 2.52. The first kappa shape index (κ1) is 16.6. The molecule has 0 bridgehead atoms. The SMILES string of the molecule is CCCNC(=O)NCCc1cc(Cl)c(OCC)cc1C. The monoisotopic (exact) mass is 298 g/mol. The molecule has 0 unspecified atom stereocenters. The number of amides is 2. The Morgan fingerprint density at radius 2 is 1.95 bits per heavy atom. The summed E-state index contributed by atoms with van der Waals surface area (Å²) in [7, 11) is 0. The van der Waals surface area contributed by atoms with E-state index in [1.165, 1.54) is 0 Å². The number of halogens is 1. The Kier molecular flexibility index (Phi) is 7.23. The standard InChI is InChI=1S/C15H23ClN2O2/c1-4-7-17-15(19)18-8-6-12-10-13(16)14(20-5-2)9-11(12)3/h9-10H,4-8H2,1-3H3,(H2,17,18,19).